The van der Waals surface area contributed by atoms with E-state index in [1.54, 1.807) is 12.3 Å². The maximum Gasteiger partial charge on any atom is 0.270 e. The summed E-state index contributed by atoms with van der Waals surface area (Å²) in [7, 11) is -2.99. The third-order valence-electron chi connectivity index (χ3n) is 3.42. The lowest BCUT2D eigenvalue weighted by atomic mass is 10.2. The Kier molecular flexibility index (Phi) is 5.17. The standard InChI is InChI=1S/C14H21N3O3S/c1-2-3-6-15-11-4-7-16-13(9-11)14(18)17-12-5-8-21(19,20)10-12/h4,7,9,12H,2-3,5-6,8,10H2,1H3,(H,15,16)(H,17,18). The minimum Gasteiger partial charge on any atom is -0.385 e. The summed E-state index contributed by atoms with van der Waals surface area (Å²) < 4.78 is 22.8. The van der Waals surface area contributed by atoms with Gasteiger partial charge in [-0.1, -0.05) is 13.3 Å². The molecule has 2 rings (SSSR count). The minimum atomic E-state index is -2.99. The Hall–Kier alpha value is -1.63. The first-order valence-electron chi connectivity index (χ1n) is 7.21. The lowest BCUT2D eigenvalue weighted by molar-refractivity contribution is 0.0936. The molecule has 1 saturated heterocycles. The maximum atomic E-state index is 12.1. The Balaban J connectivity index is 1.94. The largest absolute Gasteiger partial charge is 0.385 e. The van der Waals surface area contributed by atoms with Crippen molar-refractivity contribution in [2.75, 3.05) is 23.4 Å². The van der Waals surface area contributed by atoms with E-state index < -0.39 is 9.84 Å². The van der Waals surface area contributed by atoms with Crippen LogP contribution in [-0.2, 0) is 9.84 Å². The molecule has 0 spiro atoms. The van der Waals surface area contributed by atoms with E-state index in [0.717, 1.165) is 25.1 Å². The van der Waals surface area contributed by atoms with Crippen molar-refractivity contribution in [2.24, 2.45) is 0 Å². The predicted molar refractivity (Wildman–Crippen MR) is 82.2 cm³/mol. The van der Waals surface area contributed by atoms with Crippen LogP contribution < -0.4 is 10.6 Å². The van der Waals surface area contributed by atoms with Gasteiger partial charge in [-0.05, 0) is 25.0 Å². The third kappa shape index (κ3) is 4.70. The van der Waals surface area contributed by atoms with Crippen LogP contribution >= 0.6 is 0 Å². The van der Waals surface area contributed by atoms with E-state index in [2.05, 4.69) is 22.5 Å². The van der Waals surface area contributed by atoms with E-state index in [9.17, 15) is 13.2 Å². The Labute approximate surface area is 125 Å². The third-order valence-corrected chi connectivity index (χ3v) is 5.19. The van der Waals surface area contributed by atoms with Gasteiger partial charge in [-0.15, -0.1) is 0 Å². The van der Waals surface area contributed by atoms with Crippen LogP contribution in [-0.4, -0.2) is 43.4 Å². The molecule has 1 aliphatic heterocycles. The molecule has 0 bridgehead atoms. The van der Waals surface area contributed by atoms with Crippen LogP contribution in [0, 0.1) is 0 Å². The number of rotatable bonds is 6. The molecule has 21 heavy (non-hydrogen) atoms. The van der Waals surface area contributed by atoms with E-state index in [-0.39, 0.29) is 23.5 Å². The van der Waals surface area contributed by atoms with E-state index >= 15 is 0 Å². The first-order chi connectivity index (χ1) is 10.00. The van der Waals surface area contributed by atoms with Gasteiger partial charge in [0, 0.05) is 24.5 Å². The van der Waals surface area contributed by atoms with Crippen molar-refractivity contribution in [1.82, 2.24) is 10.3 Å². The monoisotopic (exact) mass is 311 g/mol. The molecule has 1 amide bonds. The molecule has 1 fully saturated rings. The van der Waals surface area contributed by atoms with Gasteiger partial charge in [0.25, 0.3) is 5.91 Å². The molecule has 116 valence electrons. The number of anilines is 1. The van der Waals surface area contributed by atoms with Crippen LogP contribution in [0.2, 0.25) is 0 Å². The molecule has 2 N–H and O–H groups in total. The molecule has 6 nitrogen and oxygen atoms in total. The Morgan fingerprint density at radius 3 is 2.95 bits per heavy atom. The van der Waals surface area contributed by atoms with Crippen LogP contribution in [0.5, 0.6) is 0 Å². The lowest BCUT2D eigenvalue weighted by Crippen LogP contribution is -2.36. The number of sulfone groups is 1. The fourth-order valence-corrected chi connectivity index (χ4v) is 3.92. The summed E-state index contributed by atoms with van der Waals surface area (Å²) in [5, 5.41) is 5.97. The summed E-state index contributed by atoms with van der Waals surface area (Å²) in [4.78, 5) is 16.1. The van der Waals surface area contributed by atoms with Gasteiger partial charge in [-0.2, -0.15) is 0 Å². The van der Waals surface area contributed by atoms with Crippen molar-refractivity contribution < 1.29 is 13.2 Å². The minimum absolute atomic E-state index is 0.0210. The molecule has 0 saturated carbocycles. The molecular formula is C14H21N3O3S. The highest BCUT2D eigenvalue weighted by Gasteiger charge is 2.29. The second kappa shape index (κ2) is 6.89. The second-order valence-corrected chi connectivity index (χ2v) is 7.51. The molecule has 1 aliphatic rings. The van der Waals surface area contributed by atoms with E-state index in [4.69, 9.17) is 0 Å². The van der Waals surface area contributed by atoms with Crippen LogP contribution in [0.3, 0.4) is 0 Å². The number of hydrogen-bond acceptors (Lipinski definition) is 5. The Morgan fingerprint density at radius 2 is 2.29 bits per heavy atom. The van der Waals surface area contributed by atoms with Gasteiger partial charge in [0.2, 0.25) is 0 Å². The highest BCUT2D eigenvalue weighted by atomic mass is 32.2. The number of aromatic nitrogens is 1. The number of amides is 1. The number of carbonyl (C=O) groups is 1. The molecule has 1 aromatic heterocycles. The average Bonchev–Trinajstić information content (AvgIpc) is 2.78. The number of nitrogens with one attached hydrogen (secondary N) is 2. The highest BCUT2D eigenvalue weighted by molar-refractivity contribution is 7.91. The van der Waals surface area contributed by atoms with Crippen LogP contribution in [0.4, 0.5) is 5.69 Å². The smallest absolute Gasteiger partial charge is 0.270 e. The summed E-state index contributed by atoms with van der Waals surface area (Å²) in [6.07, 6.45) is 4.21. The quantitative estimate of drug-likeness (QED) is 0.771. The van der Waals surface area contributed by atoms with Gasteiger partial charge < -0.3 is 10.6 Å². The number of hydrogen-bond donors (Lipinski definition) is 2. The van der Waals surface area contributed by atoms with E-state index in [1.165, 1.54) is 0 Å². The van der Waals surface area contributed by atoms with Crippen LogP contribution in [0.25, 0.3) is 0 Å². The molecule has 7 heteroatoms. The number of unbranched alkanes of at least 4 members (excludes halogenated alkanes) is 1. The zero-order chi connectivity index (χ0) is 15.3. The van der Waals surface area contributed by atoms with Crippen molar-refractivity contribution in [1.29, 1.82) is 0 Å². The van der Waals surface area contributed by atoms with Gasteiger partial charge in [-0.3, -0.25) is 9.78 Å². The molecule has 1 aromatic rings. The molecule has 2 heterocycles. The number of nitrogens with zero attached hydrogens (tertiary/aromatic N) is 1. The fraction of sp³-hybridized carbons (Fsp3) is 0.571. The number of pyridine rings is 1. The molecule has 0 aliphatic carbocycles. The predicted octanol–water partition coefficient (Wildman–Crippen LogP) is 1.21. The first-order valence-corrected chi connectivity index (χ1v) is 9.03. The summed E-state index contributed by atoms with van der Waals surface area (Å²) in [5.41, 5.74) is 1.16. The highest BCUT2D eigenvalue weighted by Crippen LogP contribution is 2.13. The molecule has 1 atom stereocenters. The zero-order valence-electron chi connectivity index (χ0n) is 12.1. The van der Waals surface area contributed by atoms with Crippen molar-refractivity contribution in [3.8, 4) is 0 Å². The lowest BCUT2D eigenvalue weighted by Gasteiger charge is -2.11. The van der Waals surface area contributed by atoms with Crippen molar-refractivity contribution in [3.05, 3.63) is 24.0 Å². The Bertz CT molecular complexity index is 601. The second-order valence-electron chi connectivity index (χ2n) is 5.28. The first kappa shape index (κ1) is 15.8. The summed E-state index contributed by atoms with van der Waals surface area (Å²) in [5.74, 6) is -0.159. The van der Waals surface area contributed by atoms with Gasteiger partial charge >= 0.3 is 0 Å². The molecule has 1 unspecified atom stereocenters. The zero-order valence-corrected chi connectivity index (χ0v) is 12.9. The molecule has 0 radical (unpaired) electrons. The summed E-state index contributed by atoms with van der Waals surface area (Å²) in [6.45, 7) is 2.96. The van der Waals surface area contributed by atoms with Gasteiger partial charge in [0.1, 0.15) is 5.69 Å². The van der Waals surface area contributed by atoms with Gasteiger partial charge in [0.15, 0.2) is 9.84 Å². The van der Waals surface area contributed by atoms with Crippen LogP contribution in [0.1, 0.15) is 36.7 Å². The number of carbonyl (C=O) groups excluding carboxylic acids is 1. The van der Waals surface area contributed by atoms with Gasteiger partial charge in [0.05, 0.1) is 11.5 Å². The van der Waals surface area contributed by atoms with Crippen molar-refractivity contribution in [2.45, 2.75) is 32.2 Å². The topological polar surface area (TPSA) is 88.2 Å². The molecule has 0 aromatic carbocycles. The average molecular weight is 311 g/mol. The van der Waals surface area contributed by atoms with E-state index in [1.807, 2.05) is 6.07 Å². The SMILES string of the molecule is CCCCNc1ccnc(C(=O)NC2CCS(=O)(=O)C2)c1. The van der Waals surface area contributed by atoms with Crippen LogP contribution in [0.15, 0.2) is 18.3 Å². The summed E-state index contributed by atoms with van der Waals surface area (Å²) >= 11 is 0. The van der Waals surface area contributed by atoms with Crippen molar-refractivity contribution >= 4 is 21.4 Å². The summed E-state index contributed by atoms with van der Waals surface area (Å²) in [6, 6.07) is 3.20. The van der Waals surface area contributed by atoms with Crippen molar-refractivity contribution in [3.63, 3.8) is 0 Å². The fourth-order valence-electron chi connectivity index (χ4n) is 2.24. The maximum absolute atomic E-state index is 12.1. The molecular weight excluding hydrogens is 290 g/mol. The Morgan fingerprint density at radius 1 is 1.48 bits per heavy atom. The normalized spacial score (nSPS) is 20.1. The van der Waals surface area contributed by atoms with Gasteiger partial charge in [-0.25, -0.2) is 8.42 Å². The van der Waals surface area contributed by atoms with E-state index in [0.29, 0.717) is 12.1 Å².